The van der Waals surface area contributed by atoms with Crippen molar-refractivity contribution in [3.8, 4) is 0 Å². The minimum atomic E-state index is -0.462. The van der Waals surface area contributed by atoms with E-state index < -0.39 is 6.09 Å². The molecule has 6 heteroatoms. The van der Waals surface area contributed by atoms with Crippen LogP contribution in [0.25, 0.3) is 0 Å². The lowest BCUT2D eigenvalue weighted by molar-refractivity contribution is -0.121. The van der Waals surface area contributed by atoms with Gasteiger partial charge in [-0.2, -0.15) is 0 Å². The van der Waals surface area contributed by atoms with E-state index in [4.69, 9.17) is 4.74 Å². The van der Waals surface area contributed by atoms with Crippen molar-refractivity contribution in [3.05, 3.63) is 71.5 Å². The minimum Gasteiger partial charge on any atom is -0.445 e. The third-order valence-corrected chi connectivity index (χ3v) is 6.86. The molecule has 2 aromatic carbocycles. The molecule has 5 nitrogen and oxygen atoms in total. The number of halogens is 1. The van der Waals surface area contributed by atoms with Crippen LogP contribution in [0.15, 0.2) is 54.6 Å². The molecule has 2 fully saturated rings. The van der Waals surface area contributed by atoms with Gasteiger partial charge in [0.15, 0.2) is 0 Å². The molecule has 1 heterocycles. The number of alkyl carbamates (subject to hydrolysis) is 1. The van der Waals surface area contributed by atoms with Gasteiger partial charge in [0.25, 0.3) is 0 Å². The molecular weight excluding hydrogens is 419 g/mol. The van der Waals surface area contributed by atoms with Crippen molar-refractivity contribution in [2.45, 2.75) is 51.2 Å². The van der Waals surface area contributed by atoms with Crippen molar-refractivity contribution in [3.63, 3.8) is 0 Å². The Kier molecular flexibility index (Phi) is 8.10. The molecule has 1 amide bonds. The lowest BCUT2D eigenvalue weighted by atomic mass is 9.82. The zero-order chi connectivity index (χ0) is 23.0. The highest BCUT2D eigenvalue weighted by Gasteiger charge is 2.33. The Morgan fingerprint density at radius 2 is 1.85 bits per heavy atom. The van der Waals surface area contributed by atoms with Crippen LogP contribution >= 0.6 is 0 Å². The summed E-state index contributed by atoms with van der Waals surface area (Å²) in [5, 5.41) is 2.97. The lowest BCUT2D eigenvalue weighted by Gasteiger charge is -2.39. The quantitative estimate of drug-likeness (QED) is 0.659. The first-order valence-corrected chi connectivity index (χ1v) is 12.0. The SMILES string of the molecule is O=C1CC[C@@H](CN2CCCC(Cc3ccc(F)cc3)C2)[C@H](NC(=O)OCc2ccccc2)C1. The molecule has 176 valence electrons. The summed E-state index contributed by atoms with van der Waals surface area (Å²) in [5.41, 5.74) is 2.11. The summed E-state index contributed by atoms with van der Waals surface area (Å²) in [5.74, 6) is 0.775. The van der Waals surface area contributed by atoms with Crippen molar-refractivity contribution >= 4 is 11.9 Å². The van der Waals surface area contributed by atoms with E-state index in [9.17, 15) is 14.0 Å². The minimum absolute atomic E-state index is 0.188. The standard InChI is InChI=1S/C27H33FN2O3/c28-24-11-8-20(9-12-24)15-22-7-4-14-30(17-22)18-23-10-13-25(31)16-26(23)29-27(32)33-19-21-5-2-1-3-6-21/h1-3,5-6,8-9,11-12,22-23,26H,4,7,10,13-19H2,(H,29,32)/t22?,23-,26+/m0/s1. The van der Waals surface area contributed by atoms with Gasteiger partial charge in [-0.05, 0) is 67.3 Å². The van der Waals surface area contributed by atoms with Crippen LogP contribution in [0.1, 0.15) is 43.2 Å². The summed E-state index contributed by atoms with van der Waals surface area (Å²) in [6.45, 7) is 3.12. The number of hydrogen-bond acceptors (Lipinski definition) is 4. The Morgan fingerprint density at radius 3 is 2.64 bits per heavy atom. The predicted octanol–water partition coefficient (Wildman–Crippen LogP) is 4.74. The van der Waals surface area contributed by atoms with Crippen molar-refractivity contribution in [1.29, 1.82) is 0 Å². The highest BCUT2D eigenvalue weighted by Crippen LogP contribution is 2.27. The molecular formula is C27H33FN2O3. The van der Waals surface area contributed by atoms with Gasteiger partial charge in [0.1, 0.15) is 18.2 Å². The molecule has 0 aromatic heterocycles. The van der Waals surface area contributed by atoms with Crippen molar-refractivity contribution < 1.29 is 18.7 Å². The van der Waals surface area contributed by atoms with E-state index in [0.29, 0.717) is 18.8 Å². The smallest absolute Gasteiger partial charge is 0.407 e. The number of piperidine rings is 1. The summed E-state index contributed by atoms with van der Waals surface area (Å²) in [6, 6.07) is 16.2. The predicted molar refractivity (Wildman–Crippen MR) is 125 cm³/mol. The molecule has 1 aliphatic carbocycles. The van der Waals surface area contributed by atoms with Crippen LogP contribution in [0.3, 0.4) is 0 Å². The van der Waals surface area contributed by atoms with Gasteiger partial charge in [-0.3, -0.25) is 4.79 Å². The average molecular weight is 453 g/mol. The number of ketones is 1. The number of ether oxygens (including phenoxy) is 1. The molecule has 3 atom stereocenters. The molecule has 1 unspecified atom stereocenters. The highest BCUT2D eigenvalue weighted by molar-refractivity contribution is 5.80. The van der Waals surface area contributed by atoms with Crippen molar-refractivity contribution in [1.82, 2.24) is 10.2 Å². The number of hydrogen-bond donors (Lipinski definition) is 1. The first kappa shape index (κ1) is 23.4. The first-order valence-electron chi connectivity index (χ1n) is 12.0. The number of nitrogens with one attached hydrogen (secondary N) is 1. The molecule has 0 bridgehead atoms. The number of carbonyl (C=O) groups is 2. The number of Topliss-reactive ketones (excluding diaryl/α,β-unsaturated/α-hetero) is 1. The van der Waals surface area contributed by atoms with Crippen LogP contribution in [0.5, 0.6) is 0 Å². The monoisotopic (exact) mass is 452 g/mol. The highest BCUT2D eigenvalue weighted by atomic mass is 19.1. The molecule has 2 aromatic rings. The maximum Gasteiger partial charge on any atom is 0.407 e. The van der Waals surface area contributed by atoms with Gasteiger partial charge in [-0.1, -0.05) is 42.5 Å². The Morgan fingerprint density at radius 1 is 1.06 bits per heavy atom. The molecule has 33 heavy (non-hydrogen) atoms. The van der Waals surface area contributed by atoms with Gasteiger partial charge in [0, 0.05) is 32.0 Å². The zero-order valence-corrected chi connectivity index (χ0v) is 19.0. The number of nitrogens with zero attached hydrogens (tertiary/aromatic N) is 1. The number of benzene rings is 2. The maximum atomic E-state index is 13.2. The van der Waals surface area contributed by atoms with E-state index in [1.54, 1.807) is 0 Å². The molecule has 2 aliphatic rings. The van der Waals surface area contributed by atoms with Gasteiger partial charge in [0.2, 0.25) is 0 Å². The lowest BCUT2D eigenvalue weighted by Crippen LogP contribution is -2.49. The second-order valence-electron chi connectivity index (χ2n) is 9.45. The fourth-order valence-corrected chi connectivity index (χ4v) is 5.13. The summed E-state index contributed by atoms with van der Waals surface area (Å²) in [6.07, 6.45) is 4.54. The Bertz CT molecular complexity index is 919. The molecule has 1 saturated heterocycles. The number of likely N-dealkylation sites (tertiary alicyclic amines) is 1. The van der Waals surface area contributed by atoms with Crippen molar-refractivity contribution in [2.75, 3.05) is 19.6 Å². The maximum absolute atomic E-state index is 13.2. The van der Waals surface area contributed by atoms with Crippen LogP contribution in [-0.2, 0) is 22.6 Å². The summed E-state index contributed by atoms with van der Waals surface area (Å²) < 4.78 is 18.6. The van der Waals surface area contributed by atoms with E-state index in [1.165, 1.54) is 24.1 Å². The van der Waals surface area contributed by atoms with E-state index in [2.05, 4.69) is 10.2 Å². The van der Waals surface area contributed by atoms with Crippen LogP contribution in [0, 0.1) is 17.7 Å². The molecule has 1 aliphatic heterocycles. The first-order chi connectivity index (χ1) is 16.0. The summed E-state index contributed by atoms with van der Waals surface area (Å²) >= 11 is 0. The Hall–Kier alpha value is -2.73. The van der Waals surface area contributed by atoms with E-state index in [-0.39, 0.29) is 30.2 Å². The molecule has 4 rings (SSSR count). The van der Waals surface area contributed by atoms with Crippen LogP contribution in [-0.4, -0.2) is 42.5 Å². The molecule has 0 radical (unpaired) electrons. The Labute approximate surface area is 195 Å². The number of rotatable bonds is 7. The molecule has 0 spiro atoms. The van der Waals surface area contributed by atoms with E-state index in [1.807, 2.05) is 42.5 Å². The van der Waals surface area contributed by atoms with Crippen LogP contribution in [0.4, 0.5) is 9.18 Å². The second kappa shape index (κ2) is 11.4. The fraction of sp³-hybridized carbons (Fsp3) is 0.481. The normalized spacial score (nSPS) is 23.8. The summed E-state index contributed by atoms with van der Waals surface area (Å²) in [7, 11) is 0. The van der Waals surface area contributed by atoms with Crippen LogP contribution in [0.2, 0.25) is 0 Å². The van der Waals surface area contributed by atoms with Gasteiger partial charge < -0.3 is 15.0 Å². The topological polar surface area (TPSA) is 58.6 Å². The van der Waals surface area contributed by atoms with E-state index >= 15 is 0 Å². The largest absolute Gasteiger partial charge is 0.445 e. The third-order valence-electron chi connectivity index (χ3n) is 6.86. The van der Waals surface area contributed by atoms with Gasteiger partial charge in [-0.25, -0.2) is 9.18 Å². The Balaban J connectivity index is 1.29. The van der Waals surface area contributed by atoms with Crippen LogP contribution < -0.4 is 5.32 Å². The van der Waals surface area contributed by atoms with Gasteiger partial charge in [0.05, 0.1) is 0 Å². The molecule has 1 saturated carbocycles. The van der Waals surface area contributed by atoms with Gasteiger partial charge >= 0.3 is 6.09 Å². The fourth-order valence-electron chi connectivity index (χ4n) is 5.13. The summed E-state index contributed by atoms with van der Waals surface area (Å²) in [4.78, 5) is 27.0. The van der Waals surface area contributed by atoms with Gasteiger partial charge in [-0.15, -0.1) is 0 Å². The molecule has 1 N–H and O–H groups in total. The van der Waals surface area contributed by atoms with E-state index in [0.717, 1.165) is 44.5 Å². The third kappa shape index (κ3) is 7.13. The van der Waals surface area contributed by atoms with Crippen molar-refractivity contribution in [2.24, 2.45) is 11.8 Å². The zero-order valence-electron chi connectivity index (χ0n) is 19.0. The number of carbonyl (C=O) groups excluding carboxylic acids is 2. The second-order valence-corrected chi connectivity index (χ2v) is 9.45. The average Bonchev–Trinajstić information content (AvgIpc) is 2.82. The number of amides is 1.